The molecule has 0 unspecified atom stereocenters. The maximum atomic E-state index is 12.3. The van der Waals surface area contributed by atoms with Crippen molar-refractivity contribution in [3.05, 3.63) is 62.5 Å². The highest BCUT2D eigenvalue weighted by Crippen LogP contribution is 2.27. The molecule has 2 heterocycles. The van der Waals surface area contributed by atoms with Crippen molar-refractivity contribution < 1.29 is 8.42 Å². The summed E-state index contributed by atoms with van der Waals surface area (Å²) in [6, 6.07) is 12.4. The van der Waals surface area contributed by atoms with Crippen molar-refractivity contribution in [3.63, 3.8) is 0 Å². The van der Waals surface area contributed by atoms with E-state index in [0.29, 0.717) is 17.4 Å². The predicted molar refractivity (Wildman–Crippen MR) is 100 cm³/mol. The molecule has 3 aromatic rings. The fourth-order valence-corrected chi connectivity index (χ4v) is 5.24. The Hall–Kier alpha value is -1.35. The van der Waals surface area contributed by atoms with E-state index in [1.165, 1.54) is 0 Å². The maximum Gasteiger partial charge on any atom is 0.272 e. The van der Waals surface area contributed by atoms with Crippen LogP contribution in [0.2, 0.25) is 5.02 Å². The molecular weight excluding hydrogens is 434 g/mol. The summed E-state index contributed by atoms with van der Waals surface area (Å²) in [5.74, 6) is 0.297. The Morgan fingerprint density at radius 1 is 1.25 bits per heavy atom. The molecule has 0 saturated heterocycles. The van der Waals surface area contributed by atoms with E-state index in [0.717, 1.165) is 26.4 Å². The third-order valence-corrected chi connectivity index (χ3v) is 7.00. The molecule has 24 heavy (non-hydrogen) atoms. The minimum Gasteiger partial charge on any atom is -0.263 e. The lowest BCUT2D eigenvalue weighted by Gasteiger charge is -2.05. The second kappa shape index (κ2) is 6.87. The number of hydrogen-bond donors (Lipinski definition) is 1. The van der Waals surface area contributed by atoms with Gasteiger partial charge in [-0.05, 0) is 52.7 Å². The Balaban J connectivity index is 1.80. The molecule has 0 aliphatic rings. The zero-order valence-corrected chi connectivity index (χ0v) is 16.5. The lowest BCUT2D eigenvalue weighted by Crippen LogP contribution is -2.12. The van der Waals surface area contributed by atoms with Crippen LogP contribution in [0.4, 0.5) is 5.82 Å². The molecule has 2 aromatic heterocycles. The number of rotatable bonds is 5. The minimum atomic E-state index is -3.63. The molecular formula is C15H13BrClN3O2S2. The van der Waals surface area contributed by atoms with Gasteiger partial charge in [-0.1, -0.05) is 23.7 Å². The summed E-state index contributed by atoms with van der Waals surface area (Å²) >= 11 is 10.3. The third-order valence-electron chi connectivity index (χ3n) is 3.28. The molecule has 0 aliphatic carbocycles. The van der Waals surface area contributed by atoms with E-state index >= 15 is 0 Å². The van der Waals surface area contributed by atoms with Crippen molar-refractivity contribution in [2.24, 2.45) is 0 Å². The van der Waals surface area contributed by atoms with E-state index in [1.807, 2.05) is 31.2 Å². The first-order valence-electron chi connectivity index (χ1n) is 6.90. The van der Waals surface area contributed by atoms with Gasteiger partial charge in [-0.3, -0.25) is 9.40 Å². The van der Waals surface area contributed by atoms with Crippen molar-refractivity contribution in [2.75, 3.05) is 4.72 Å². The highest BCUT2D eigenvalue weighted by atomic mass is 79.9. The number of benzene rings is 1. The van der Waals surface area contributed by atoms with Crippen LogP contribution in [0.3, 0.4) is 0 Å². The van der Waals surface area contributed by atoms with Gasteiger partial charge in [0, 0.05) is 16.8 Å². The third kappa shape index (κ3) is 4.00. The summed E-state index contributed by atoms with van der Waals surface area (Å²) in [4.78, 5) is 0. The predicted octanol–water partition coefficient (Wildman–Crippen LogP) is 4.52. The van der Waals surface area contributed by atoms with Crippen molar-refractivity contribution in [1.82, 2.24) is 9.78 Å². The van der Waals surface area contributed by atoms with Crippen LogP contribution < -0.4 is 4.72 Å². The normalized spacial score (nSPS) is 11.6. The van der Waals surface area contributed by atoms with Crippen LogP contribution >= 0.6 is 38.9 Å². The first-order valence-corrected chi connectivity index (χ1v) is 10.4. The Kier molecular flexibility index (Phi) is 5.00. The lowest BCUT2D eigenvalue weighted by molar-refractivity contribution is 0.602. The van der Waals surface area contributed by atoms with Gasteiger partial charge in [0.15, 0.2) is 5.82 Å². The number of nitrogens with one attached hydrogen (secondary N) is 1. The van der Waals surface area contributed by atoms with Crippen molar-refractivity contribution >= 4 is 54.7 Å². The van der Waals surface area contributed by atoms with Crippen LogP contribution in [0.25, 0.3) is 0 Å². The number of aryl methyl sites for hydroxylation is 1. The molecule has 0 aliphatic heterocycles. The molecule has 1 aromatic carbocycles. The molecule has 0 fully saturated rings. The highest BCUT2D eigenvalue weighted by molar-refractivity contribution is 9.11. The quantitative estimate of drug-likeness (QED) is 0.627. The minimum absolute atomic E-state index is 0.235. The van der Waals surface area contributed by atoms with Crippen LogP contribution in [0.5, 0.6) is 0 Å². The van der Waals surface area contributed by atoms with Crippen LogP contribution in [-0.4, -0.2) is 18.2 Å². The van der Waals surface area contributed by atoms with Gasteiger partial charge in [-0.15, -0.1) is 11.3 Å². The molecule has 0 spiro atoms. The fourth-order valence-electron chi connectivity index (χ4n) is 2.11. The fraction of sp³-hybridized carbons (Fsp3) is 0.133. The van der Waals surface area contributed by atoms with Crippen molar-refractivity contribution in [1.29, 1.82) is 0 Å². The van der Waals surface area contributed by atoms with Crippen LogP contribution in [0.1, 0.15) is 11.3 Å². The molecule has 3 rings (SSSR count). The van der Waals surface area contributed by atoms with Gasteiger partial charge < -0.3 is 0 Å². The summed E-state index contributed by atoms with van der Waals surface area (Å²) in [5.41, 5.74) is 1.89. The number of thiophene rings is 1. The number of halogens is 2. The van der Waals surface area contributed by atoms with Gasteiger partial charge in [0.1, 0.15) is 4.21 Å². The first-order chi connectivity index (χ1) is 11.3. The van der Waals surface area contributed by atoms with E-state index < -0.39 is 10.0 Å². The van der Waals surface area contributed by atoms with E-state index in [-0.39, 0.29) is 4.21 Å². The molecule has 0 saturated carbocycles. The Morgan fingerprint density at radius 3 is 2.58 bits per heavy atom. The van der Waals surface area contributed by atoms with Gasteiger partial charge in [0.2, 0.25) is 0 Å². The Bertz CT molecular complexity index is 965. The molecule has 0 atom stereocenters. The zero-order chi connectivity index (χ0) is 17.3. The molecule has 0 amide bonds. The van der Waals surface area contributed by atoms with E-state index in [2.05, 4.69) is 25.8 Å². The molecule has 126 valence electrons. The average molecular weight is 447 g/mol. The number of hydrogen-bond acceptors (Lipinski definition) is 4. The summed E-state index contributed by atoms with van der Waals surface area (Å²) < 4.78 is 29.9. The zero-order valence-electron chi connectivity index (χ0n) is 12.5. The number of anilines is 1. The number of sulfonamides is 1. The molecule has 5 nitrogen and oxygen atoms in total. The van der Waals surface area contributed by atoms with Crippen molar-refractivity contribution in [2.45, 2.75) is 17.7 Å². The Morgan fingerprint density at radius 2 is 1.96 bits per heavy atom. The molecule has 0 radical (unpaired) electrons. The summed E-state index contributed by atoms with van der Waals surface area (Å²) in [5, 5.41) is 5.00. The van der Waals surface area contributed by atoms with Crippen LogP contribution in [0, 0.1) is 6.92 Å². The summed E-state index contributed by atoms with van der Waals surface area (Å²) in [7, 11) is -3.63. The largest absolute Gasteiger partial charge is 0.272 e. The second-order valence-corrected chi connectivity index (χ2v) is 9.93. The van der Waals surface area contributed by atoms with Gasteiger partial charge >= 0.3 is 0 Å². The van der Waals surface area contributed by atoms with E-state index in [9.17, 15) is 8.42 Å². The van der Waals surface area contributed by atoms with Crippen molar-refractivity contribution in [3.8, 4) is 0 Å². The monoisotopic (exact) mass is 445 g/mol. The standard InChI is InChI=1S/C15H13BrClN3O2S2/c1-10-8-14(19-24(21,22)15-7-6-13(16)23-15)18-20(10)9-11-2-4-12(17)5-3-11/h2-8H,9H2,1H3,(H,18,19). The van der Waals surface area contributed by atoms with Crippen LogP contribution in [0.15, 0.2) is 50.5 Å². The van der Waals surface area contributed by atoms with E-state index in [1.54, 1.807) is 22.9 Å². The van der Waals surface area contributed by atoms with Crippen LogP contribution in [-0.2, 0) is 16.6 Å². The number of nitrogens with zero attached hydrogens (tertiary/aromatic N) is 2. The highest BCUT2D eigenvalue weighted by Gasteiger charge is 2.18. The second-order valence-electron chi connectivity index (χ2n) is 5.12. The van der Waals surface area contributed by atoms with E-state index in [4.69, 9.17) is 11.6 Å². The smallest absolute Gasteiger partial charge is 0.263 e. The lowest BCUT2D eigenvalue weighted by atomic mass is 10.2. The molecule has 0 bridgehead atoms. The van der Waals surface area contributed by atoms with Gasteiger partial charge in [-0.25, -0.2) is 8.42 Å². The summed E-state index contributed by atoms with van der Waals surface area (Å²) in [6.07, 6.45) is 0. The topological polar surface area (TPSA) is 64.0 Å². The maximum absolute atomic E-state index is 12.3. The average Bonchev–Trinajstić information content (AvgIpc) is 3.08. The Labute approximate surface area is 157 Å². The first kappa shape index (κ1) is 17.5. The summed E-state index contributed by atoms with van der Waals surface area (Å²) in [6.45, 7) is 2.41. The molecule has 9 heteroatoms. The number of aromatic nitrogens is 2. The van der Waals surface area contributed by atoms with Gasteiger partial charge in [0.25, 0.3) is 10.0 Å². The molecule has 1 N–H and O–H groups in total. The van der Waals surface area contributed by atoms with Gasteiger partial charge in [-0.2, -0.15) is 5.10 Å². The van der Waals surface area contributed by atoms with Gasteiger partial charge in [0.05, 0.1) is 10.3 Å². The SMILES string of the molecule is Cc1cc(NS(=O)(=O)c2ccc(Br)s2)nn1Cc1ccc(Cl)cc1.